The molecule has 0 fully saturated rings. The number of halogens is 2. The highest BCUT2D eigenvalue weighted by molar-refractivity contribution is 6.32. The van der Waals surface area contributed by atoms with E-state index in [1.165, 1.54) is 11.7 Å². The van der Waals surface area contributed by atoms with Gasteiger partial charge in [-0.3, -0.25) is 14.2 Å². The molecule has 1 amide bonds. The first-order chi connectivity index (χ1) is 14.8. The van der Waals surface area contributed by atoms with E-state index in [9.17, 15) is 14.7 Å². The SMILES string of the molecule is COc1ccc(NC(=O)Cn2c(-c3ccc(Cl)cc3)nc(C)c(CCO)c2=O)cc1Cl. The van der Waals surface area contributed by atoms with Crippen molar-refractivity contribution in [3.05, 3.63) is 74.1 Å². The maximum atomic E-state index is 13.1. The van der Waals surface area contributed by atoms with E-state index in [4.69, 9.17) is 27.9 Å². The van der Waals surface area contributed by atoms with Gasteiger partial charge in [0.2, 0.25) is 5.91 Å². The lowest BCUT2D eigenvalue weighted by Crippen LogP contribution is -2.33. The van der Waals surface area contributed by atoms with Gasteiger partial charge in [-0.05, 0) is 49.4 Å². The van der Waals surface area contributed by atoms with Gasteiger partial charge in [-0.25, -0.2) is 4.98 Å². The smallest absolute Gasteiger partial charge is 0.257 e. The van der Waals surface area contributed by atoms with Crippen LogP contribution in [0, 0.1) is 6.92 Å². The summed E-state index contributed by atoms with van der Waals surface area (Å²) in [4.78, 5) is 30.4. The van der Waals surface area contributed by atoms with Gasteiger partial charge in [0, 0.05) is 40.6 Å². The van der Waals surface area contributed by atoms with Crippen LogP contribution >= 0.6 is 23.2 Å². The van der Waals surface area contributed by atoms with Crippen molar-refractivity contribution in [2.75, 3.05) is 19.0 Å². The van der Waals surface area contributed by atoms with E-state index < -0.39 is 5.91 Å². The number of aromatic nitrogens is 2. The third-order valence-corrected chi connectivity index (χ3v) is 5.22. The van der Waals surface area contributed by atoms with Crippen molar-refractivity contribution in [1.29, 1.82) is 0 Å². The van der Waals surface area contributed by atoms with Crippen LogP contribution in [0.2, 0.25) is 10.0 Å². The number of rotatable bonds is 7. The van der Waals surface area contributed by atoms with Crippen molar-refractivity contribution in [3.63, 3.8) is 0 Å². The van der Waals surface area contributed by atoms with Gasteiger partial charge in [-0.1, -0.05) is 23.2 Å². The number of aliphatic hydroxyl groups is 1. The number of aliphatic hydroxyl groups excluding tert-OH is 1. The minimum Gasteiger partial charge on any atom is -0.495 e. The minimum atomic E-state index is -0.431. The Balaban J connectivity index is 1.98. The summed E-state index contributed by atoms with van der Waals surface area (Å²) in [5.74, 6) is 0.389. The molecule has 162 valence electrons. The highest BCUT2D eigenvalue weighted by atomic mass is 35.5. The fourth-order valence-electron chi connectivity index (χ4n) is 3.15. The molecule has 0 aliphatic carbocycles. The van der Waals surface area contributed by atoms with Crippen molar-refractivity contribution in [1.82, 2.24) is 9.55 Å². The van der Waals surface area contributed by atoms with Gasteiger partial charge in [-0.2, -0.15) is 0 Å². The van der Waals surface area contributed by atoms with E-state index in [1.807, 2.05) is 0 Å². The Kier molecular flexibility index (Phi) is 7.33. The van der Waals surface area contributed by atoms with E-state index in [0.29, 0.717) is 44.1 Å². The molecule has 0 unspecified atom stereocenters. The summed E-state index contributed by atoms with van der Waals surface area (Å²) in [5, 5.41) is 12.9. The summed E-state index contributed by atoms with van der Waals surface area (Å²) in [5.41, 5.74) is 1.59. The van der Waals surface area contributed by atoms with Crippen LogP contribution in [0.4, 0.5) is 5.69 Å². The third kappa shape index (κ3) is 5.25. The zero-order chi connectivity index (χ0) is 22.5. The molecule has 3 aromatic rings. The van der Waals surface area contributed by atoms with Crippen molar-refractivity contribution in [3.8, 4) is 17.1 Å². The molecule has 0 spiro atoms. The van der Waals surface area contributed by atoms with Crippen molar-refractivity contribution in [2.45, 2.75) is 19.9 Å². The zero-order valence-electron chi connectivity index (χ0n) is 17.0. The van der Waals surface area contributed by atoms with Crippen molar-refractivity contribution >= 4 is 34.8 Å². The molecule has 0 aliphatic rings. The monoisotopic (exact) mass is 461 g/mol. The van der Waals surface area contributed by atoms with E-state index in [1.54, 1.807) is 49.4 Å². The fourth-order valence-corrected chi connectivity index (χ4v) is 3.54. The molecule has 0 atom stereocenters. The Labute approximate surface area is 189 Å². The Morgan fingerprint density at radius 3 is 2.52 bits per heavy atom. The molecule has 1 aromatic heterocycles. The van der Waals surface area contributed by atoms with Gasteiger partial charge in [0.1, 0.15) is 18.1 Å². The van der Waals surface area contributed by atoms with Gasteiger partial charge in [0.15, 0.2) is 0 Å². The standard InChI is InChI=1S/C22H21Cl2N3O4/c1-13-17(9-10-28)22(30)27(21(25-13)14-3-5-15(23)6-4-14)12-20(29)26-16-7-8-19(31-2)18(24)11-16/h3-8,11,28H,9-10,12H2,1-2H3,(H,26,29). The Morgan fingerprint density at radius 1 is 1.19 bits per heavy atom. The molecule has 9 heteroatoms. The van der Waals surface area contributed by atoms with Crippen LogP contribution in [-0.4, -0.2) is 34.3 Å². The van der Waals surface area contributed by atoms with Crippen LogP contribution in [-0.2, 0) is 17.8 Å². The van der Waals surface area contributed by atoms with Gasteiger partial charge in [-0.15, -0.1) is 0 Å². The lowest BCUT2D eigenvalue weighted by atomic mass is 10.1. The number of carbonyl (C=O) groups excluding carboxylic acids is 1. The summed E-state index contributed by atoms with van der Waals surface area (Å²) in [6.45, 7) is 1.23. The van der Waals surface area contributed by atoms with Gasteiger partial charge >= 0.3 is 0 Å². The number of hydrogen-bond acceptors (Lipinski definition) is 5. The van der Waals surface area contributed by atoms with E-state index in [0.717, 1.165) is 0 Å². The maximum Gasteiger partial charge on any atom is 0.257 e. The number of benzene rings is 2. The van der Waals surface area contributed by atoms with Crippen LogP contribution in [0.25, 0.3) is 11.4 Å². The number of aryl methyl sites for hydroxylation is 1. The number of nitrogens with one attached hydrogen (secondary N) is 1. The molecule has 1 heterocycles. The second kappa shape index (κ2) is 9.96. The topological polar surface area (TPSA) is 93.4 Å². The molecule has 7 nitrogen and oxygen atoms in total. The quantitative estimate of drug-likeness (QED) is 0.559. The zero-order valence-corrected chi connectivity index (χ0v) is 18.5. The van der Waals surface area contributed by atoms with Gasteiger partial charge in [0.05, 0.1) is 12.1 Å². The second-order valence-corrected chi connectivity index (χ2v) is 7.61. The van der Waals surface area contributed by atoms with Gasteiger partial charge < -0.3 is 15.2 Å². The van der Waals surface area contributed by atoms with Crippen LogP contribution in [0.15, 0.2) is 47.3 Å². The summed E-state index contributed by atoms with van der Waals surface area (Å²) >= 11 is 12.1. The summed E-state index contributed by atoms with van der Waals surface area (Å²) in [6.07, 6.45) is 0.147. The molecule has 3 rings (SSSR count). The van der Waals surface area contributed by atoms with Crippen LogP contribution in [0.5, 0.6) is 5.75 Å². The Hall–Kier alpha value is -2.87. The highest BCUT2D eigenvalue weighted by Crippen LogP contribution is 2.27. The maximum absolute atomic E-state index is 13.1. The van der Waals surface area contributed by atoms with Crippen LogP contribution in [0.3, 0.4) is 0 Å². The predicted octanol–water partition coefficient (Wildman–Crippen LogP) is 3.71. The lowest BCUT2D eigenvalue weighted by molar-refractivity contribution is -0.116. The molecule has 0 saturated carbocycles. The largest absolute Gasteiger partial charge is 0.495 e. The fraction of sp³-hybridized carbons (Fsp3) is 0.227. The molecule has 0 bridgehead atoms. The number of carbonyl (C=O) groups is 1. The normalized spacial score (nSPS) is 10.7. The first-order valence-electron chi connectivity index (χ1n) is 9.44. The summed E-state index contributed by atoms with van der Waals surface area (Å²) in [6, 6.07) is 11.7. The molecule has 0 saturated heterocycles. The average molecular weight is 462 g/mol. The van der Waals surface area contributed by atoms with Gasteiger partial charge in [0.25, 0.3) is 5.56 Å². The molecule has 31 heavy (non-hydrogen) atoms. The average Bonchev–Trinajstić information content (AvgIpc) is 2.74. The van der Waals surface area contributed by atoms with E-state index >= 15 is 0 Å². The molecule has 0 radical (unpaired) electrons. The number of anilines is 1. The summed E-state index contributed by atoms with van der Waals surface area (Å²) < 4.78 is 6.40. The van der Waals surface area contributed by atoms with E-state index in [-0.39, 0.29) is 25.1 Å². The highest BCUT2D eigenvalue weighted by Gasteiger charge is 2.18. The number of hydrogen-bond donors (Lipinski definition) is 2. The second-order valence-electron chi connectivity index (χ2n) is 6.77. The first kappa shape index (κ1) is 22.8. The van der Waals surface area contributed by atoms with Crippen LogP contribution in [0.1, 0.15) is 11.3 Å². The Bertz CT molecular complexity index is 1160. The molecular weight excluding hydrogens is 441 g/mol. The number of ether oxygens (including phenoxy) is 1. The summed E-state index contributed by atoms with van der Waals surface area (Å²) in [7, 11) is 1.50. The molecule has 0 aliphatic heterocycles. The molecular formula is C22H21Cl2N3O4. The molecule has 2 N–H and O–H groups in total. The number of amides is 1. The minimum absolute atomic E-state index is 0.147. The van der Waals surface area contributed by atoms with Crippen molar-refractivity contribution in [2.24, 2.45) is 0 Å². The Morgan fingerprint density at radius 2 is 1.90 bits per heavy atom. The third-order valence-electron chi connectivity index (χ3n) is 4.67. The number of nitrogens with zero attached hydrogens (tertiary/aromatic N) is 2. The molecule has 2 aromatic carbocycles. The number of methoxy groups -OCH3 is 1. The van der Waals surface area contributed by atoms with Crippen molar-refractivity contribution < 1.29 is 14.6 Å². The lowest BCUT2D eigenvalue weighted by Gasteiger charge is -2.16. The van der Waals surface area contributed by atoms with E-state index in [2.05, 4.69) is 10.3 Å². The first-order valence-corrected chi connectivity index (χ1v) is 10.2. The predicted molar refractivity (Wildman–Crippen MR) is 121 cm³/mol. The van der Waals surface area contributed by atoms with Crippen LogP contribution < -0.4 is 15.6 Å².